The first-order chi connectivity index (χ1) is 11.6. The van der Waals surface area contributed by atoms with Gasteiger partial charge in [-0.3, -0.25) is 4.79 Å². The molecule has 1 amide bonds. The van der Waals surface area contributed by atoms with Crippen LogP contribution in [0.3, 0.4) is 0 Å². The molecule has 25 heavy (non-hydrogen) atoms. The maximum Gasteiger partial charge on any atom is 0.270 e. The number of carbonyl (C=O) groups excluding carboxylic acids is 1. The Kier molecular flexibility index (Phi) is 7.54. The van der Waals surface area contributed by atoms with E-state index in [4.69, 9.17) is 0 Å². The molecule has 1 aliphatic heterocycles. The van der Waals surface area contributed by atoms with Gasteiger partial charge in [-0.1, -0.05) is 28.1 Å². The highest BCUT2D eigenvalue weighted by Crippen LogP contribution is 2.22. The quantitative estimate of drug-likeness (QED) is 0.787. The van der Waals surface area contributed by atoms with Crippen molar-refractivity contribution in [3.63, 3.8) is 0 Å². The highest BCUT2D eigenvalue weighted by Gasteiger charge is 2.21. The van der Waals surface area contributed by atoms with E-state index in [9.17, 15) is 4.79 Å². The zero-order valence-electron chi connectivity index (χ0n) is 14.5. The third kappa shape index (κ3) is 5.09. The number of piperidine rings is 1. The first kappa shape index (κ1) is 20.0. The van der Waals surface area contributed by atoms with E-state index < -0.39 is 0 Å². The van der Waals surface area contributed by atoms with Crippen LogP contribution in [0, 0.1) is 0 Å². The average Bonchev–Trinajstić information content (AvgIpc) is 3.11. The molecule has 0 aliphatic carbocycles. The summed E-state index contributed by atoms with van der Waals surface area (Å²) in [6.07, 6.45) is 5.07. The number of hydrogen-bond donors (Lipinski definition) is 1. The first-order valence-corrected chi connectivity index (χ1v) is 9.32. The third-order valence-corrected chi connectivity index (χ3v) is 5.22. The van der Waals surface area contributed by atoms with Gasteiger partial charge in [-0.2, -0.15) is 0 Å². The summed E-state index contributed by atoms with van der Waals surface area (Å²) >= 11 is 3.45. The van der Waals surface area contributed by atoms with Crippen LogP contribution < -0.4 is 5.32 Å². The fourth-order valence-electron chi connectivity index (χ4n) is 3.22. The molecule has 6 heteroatoms. The Hall–Kier alpha value is -1.30. The van der Waals surface area contributed by atoms with Crippen molar-refractivity contribution < 1.29 is 4.79 Å². The maximum absolute atomic E-state index is 12.8. The minimum absolute atomic E-state index is 0. The van der Waals surface area contributed by atoms with Crippen LogP contribution >= 0.6 is 28.3 Å². The molecule has 3 rings (SSSR count). The van der Waals surface area contributed by atoms with Crippen LogP contribution in [-0.2, 0) is 6.42 Å². The van der Waals surface area contributed by atoms with E-state index >= 15 is 0 Å². The van der Waals surface area contributed by atoms with Gasteiger partial charge < -0.3 is 14.8 Å². The molecule has 1 aromatic carbocycles. The number of benzene rings is 1. The second-order valence-electron chi connectivity index (χ2n) is 6.39. The Morgan fingerprint density at radius 3 is 2.60 bits per heavy atom. The van der Waals surface area contributed by atoms with E-state index in [1.54, 1.807) is 0 Å². The minimum Gasteiger partial charge on any atom is -0.340 e. The minimum atomic E-state index is 0. The van der Waals surface area contributed by atoms with E-state index in [-0.39, 0.29) is 18.3 Å². The number of halogens is 2. The molecule has 4 nitrogen and oxygen atoms in total. The van der Waals surface area contributed by atoms with Crippen LogP contribution in [0.25, 0.3) is 0 Å². The second-order valence-corrected chi connectivity index (χ2v) is 7.30. The smallest absolute Gasteiger partial charge is 0.270 e. The Morgan fingerprint density at radius 1 is 1.24 bits per heavy atom. The van der Waals surface area contributed by atoms with E-state index in [1.165, 1.54) is 5.56 Å². The van der Waals surface area contributed by atoms with Crippen LogP contribution in [0.5, 0.6) is 0 Å². The van der Waals surface area contributed by atoms with Gasteiger partial charge in [0.15, 0.2) is 0 Å². The summed E-state index contributed by atoms with van der Waals surface area (Å²) < 4.78 is 3.25. The lowest BCUT2D eigenvalue weighted by atomic mass is 10.1. The lowest BCUT2D eigenvalue weighted by Gasteiger charge is -2.27. The molecule has 2 aromatic rings. The summed E-state index contributed by atoms with van der Waals surface area (Å²) in [6.45, 7) is 2.77. The second kappa shape index (κ2) is 9.41. The number of nitrogens with one attached hydrogen (secondary N) is 1. The Morgan fingerprint density at radius 2 is 1.92 bits per heavy atom. The van der Waals surface area contributed by atoms with E-state index in [2.05, 4.69) is 37.9 Å². The topological polar surface area (TPSA) is 37.3 Å². The Bertz CT molecular complexity index is 680. The number of aromatic nitrogens is 1. The van der Waals surface area contributed by atoms with Gasteiger partial charge in [0.05, 0.1) is 0 Å². The van der Waals surface area contributed by atoms with Gasteiger partial charge in [0.2, 0.25) is 0 Å². The molecule has 0 bridgehead atoms. The summed E-state index contributed by atoms with van der Waals surface area (Å²) in [6, 6.07) is 12.6. The molecule has 0 atom stereocenters. The molecule has 2 heterocycles. The van der Waals surface area contributed by atoms with Crippen molar-refractivity contribution in [2.24, 2.45) is 0 Å². The normalized spacial score (nSPS) is 14.8. The van der Waals surface area contributed by atoms with Gasteiger partial charge in [-0.05, 0) is 62.2 Å². The highest BCUT2D eigenvalue weighted by molar-refractivity contribution is 9.10. The predicted octanol–water partition coefficient (Wildman–Crippen LogP) is 3.91. The van der Waals surface area contributed by atoms with Gasteiger partial charge in [-0.25, -0.2) is 0 Å². The monoisotopic (exact) mass is 425 g/mol. The summed E-state index contributed by atoms with van der Waals surface area (Å²) in [5.74, 6) is 0.107. The lowest BCUT2D eigenvalue weighted by molar-refractivity contribution is 0.0782. The van der Waals surface area contributed by atoms with Crippen LogP contribution in [-0.4, -0.2) is 42.1 Å². The molecule has 136 valence electrons. The summed E-state index contributed by atoms with van der Waals surface area (Å²) in [7, 11) is 1.89. The molecule has 1 saturated heterocycles. The van der Waals surface area contributed by atoms with Crippen molar-refractivity contribution in [3.8, 4) is 0 Å². The molecule has 1 aliphatic rings. The van der Waals surface area contributed by atoms with Crippen molar-refractivity contribution in [2.75, 3.05) is 26.7 Å². The van der Waals surface area contributed by atoms with Gasteiger partial charge in [0.25, 0.3) is 5.91 Å². The molecule has 1 fully saturated rings. The van der Waals surface area contributed by atoms with Crippen molar-refractivity contribution in [1.82, 2.24) is 14.8 Å². The van der Waals surface area contributed by atoms with Crippen molar-refractivity contribution in [2.45, 2.75) is 25.3 Å². The molecule has 0 unspecified atom stereocenters. The molecule has 0 spiro atoms. The number of hydrogen-bond acceptors (Lipinski definition) is 2. The number of nitrogens with zero attached hydrogens (tertiary/aromatic N) is 2. The molecule has 0 saturated carbocycles. The summed E-state index contributed by atoms with van der Waals surface area (Å²) in [4.78, 5) is 14.7. The fourth-order valence-corrected chi connectivity index (χ4v) is 3.49. The zero-order valence-corrected chi connectivity index (χ0v) is 16.9. The molecule has 1 N–H and O–H groups in total. The highest BCUT2D eigenvalue weighted by atomic mass is 79.9. The average molecular weight is 427 g/mol. The number of likely N-dealkylation sites (N-methyl/N-ethyl adjacent to an activating group) is 1. The van der Waals surface area contributed by atoms with Crippen LogP contribution in [0.1, 0.15) is 34.9 Å². The third-order valence-electron chi connectivity index (χ3n) is 4.70. The van der Waals surface area contributed by atoms with Crippen LogP contribution in [0.15, 0.2) is 47.1 Å². The SMILES string of the molecule is CN(CCc1ccc(Br)cc1)C(=O)c1cccn1C1CCNCC1.Cl. The van der Waals surface area contributed by atoms with E-state index in [0.717, 1.165) is 49.1 Å². The number of amides is 1. The fraction of sp³-hybridized carbons (Fsp3) is 0.421. The van der Waals surface area contributed by atoms with Crippen LogP contribution in [0.2, 0.25) is 0 Å². The van der Waals surface area contributed by atoms with Crippen LogP contribution in [0.4, 0.5) is 0 Å². The van der Waals surface area contributed by atoms with Crippen molar-refractivity contribution >= 4 is 34.2 Å². The van der Waals surface area contributed by atoms with Crippen molar-refractivity contribution in [3.05, 3.63) is 58.3 Å². The lowest BCUT2D eigenvalue weighted by Crippen LogP contribution is -2.34. The molecule has 0 radical (unpaired) electrons. The zero-order chi connectivity index (χ0) is 16.9. The molecular formula is C19H25BrClN3O. The van der Waals surface area contributed by atoms with Crippen molar-refractivity contribution in [1.29, 1.82) is 0 Å². The van der Waals surface area contributed by atoms with E-state index in [0.29, 0.717) is 6.04 Å². The van der Waals surface area contributed by atoms with Gasteiger partial charge in [0, 0.05) is 30.3 Å². The maximum atomic E-state index is 12.8. The Balaban J connectivity index is 0.00000225. The standard InChI is InChI=1S/C19H24BrN3O.ClH/c1-22(14-10-15-4-6-16(20)7-5-15)19(24)18-3-2-13-23(18)17-8-11-21-12-9-17;/h2-7,13,17,21H,8-12,14H2,1H3;1H. The van der Waals surface area contributed by atoms with E-state index in [1.807, 2.05) is 42.4 Å². The van der Waals surface area contributed by atoms with Gasteiger partial charge >= 0.3 is 0 Å². The number of carbonyl (C=O) groups is 1. The predicted molar refractivity (Wildman–Crippen MR) is 108 cm³/mol. The molecule has 1 aromatic heterocycles. The molecular weight excluding hydrogens is 402 g/mol. The first-order valence-electron chi connectivity index (χ1n) is 8.52. The summed E-state index contributed by atoms with van der Waals surface area (Å²) in [5.41, 5.74) is 2.05. The number of rotatable bonds is 5. The van der Waals surface area contributed by atoms with Gasteiger partial charge in [-0.15, -0.1) is 12.4 Å². The van der Waals surface area contributed by atoms with Gasteiger partial charge in [0.1, 0.15) is 5.69 Å². The largest absolute Gasteiger partial charge is 0.340 e. The Labute approximate surface area is 164 Å². The summed E-state index contributed by atoms with van der Waals surface area (Å²) in [5, 5.41) is 3.38.